The monoisotopic (exact) mass is 772 g/mol. The SMILES string of the molecule is CCCCCCCCCCCCCCC/C=C/C(O)C(CS(=O)(=O)O)NC(=O)C(O)CCCCCCCCCCCCCCCCCCCCCCC. The first-order valence-corrected chi connectivity index (χ1v) is 24.6. The summed E-state index contributed by atoms with van der Waals surface area (Å²) in [6, 6.07) is -1.23. The molecule has 0 aromatic carbocycles. The molecule has 0 aromatic heterocycles. The van der Waals surface area contributed by atoms with Crippen molar-refractivity contribution in [2.75, 3.05) is 5.75 Å². The molecule has 0 fully saturated rings. The number of nitrogens with one attached hydrogen (secondary N) is 1. The van der Waals surface area contributed by atoms with Gasteiger partial charge in [-0.1, -0.05) is 238 Å². The van der Waals surface area contributed by atoms with Gasteiger partial charge in [-0.25, -0.2) is 0 Å². The predicted molar refractivity (Wildman–Crippen MR) is 227 cm³/mol. The molecule has 3 unspecified atom stereocenters. The van der Waals surface area contributed by atoms with Gasteiger partial charge in [-0.05, 0) is 19.3 Å². The van der Waals surface area contributed by atoms with Crippen LogP contribution >= 0.6 is 0 Å². The molecule has 316 valence electrons. The summed E-state index contributed by atoms with van der Waals surface area (Å²) in [7, 11) is -4.44. The normalized spacial score (nSPS) is 13.8. The fraction of sp³-hybridized carbons (Fsp3) is 0.933. The van der Waals surface area contributed by atoms with E-state index in [4.69, 9.17) is 0 Å². The van der Waals surface area contributed by atoms with Crippen molar-refractivity contribution in [2.24, 2.45) is 0 Å². The smallest absolute Gasteiger partial charge is 0.267 e. The molecule has 3 atom stereocenters. The van der Waals surface area contributed by atoms with Crippen molar-refractivity contribution in [2.45, 2.75) is 263 Å². The van der Waals surface area contributed by atoms with Crippen molar-refractivity contribution in [1.29, 1.82) is 0 Å². The van der Waals surface area contributed by atoms with Gasteiger partial charge in [0.05, 0.1) is 17.9 Å². The summed E-state index contributed by atoms with van der Waals surface area (Å²) < 4.78 is 32.6. The van der Waals surface area contributed by atoms with E-state index < -0.39 is 40.0 Å². The molecule has 1 amide bonds. The quantitative estimate of drug-likeness (QED) is 0.0278. The highest BCUT2D eigenvalue weighted by Crippen LogP contribution is 2.17. The summed E-state index contributed by atoms with van der Waals surface area (Å²) in [5.74, 6) is -1.52. The van der Waals surface area contributed by atoms with E-state index in [1.54, 1.807) is 0 Å². The Labute approximate surface area is 329 Å². The van der Waals surface area contributed by atoms with Crippen LogP contribution in [0.25, 0.3) is 0 Å². The second-order valence-electron chi connectivity index (χ2n) is 16.2. The highest BCUT2D eigenvalue weighted by atomic mass is 32.2. The first-order chi connectivity index (χ1) is 25.7. The third-order valence-corrected chi connectivity index (χ3v) is 11.6. The Balaban J connectivity index is 3.90. The molecule has 0 saturated heterocycles. The van der Waals surface area contributed by atoms with Gasteiger partial charge in [0.1, 0.15) is 6.10 Å². The van der Waals surface area contributed by atoms with E-state index in [0.29, 0.717) is 6.42 Å². The maximum Gasteiger partial charge on any atom is 0.267 e. The van der Waals surface area contributed by atoms with Gasteiger partial charge in [-0.15, -0.1) is 0 Å². The number of carbonyl (C=O) groups excluding carboxylic acids is 1. The summed E-state index contributed by atoms with van der Waals surface area (Å²) in [6.45, 7) is 4.53. The number of aliphatic hydroxyl groups is 2. The van der Waals surface area contributed by atoms with Gasteiger partial charge < -0.3 is 15.5 Å². The van der Waals surface area contributed by atoms with Crippen LogP contribution in [0.4, 0.5) is 0 Å². The number of hydrogen-bond acceptors (Lipinski definition) is 5. The molecule has 0 spiro atoms. The van der Waals surface area contributed by atoms with Crippen LogP contribution in [-0.2, 0) is 14.9 Å². The van der Waals surface area contributed by atoms with Gasteiger partial charge >= 0.3 is 0 Å². The molecule has 4 N–H and O–H groups in total. The van der Waals surface area contributed by atoms with E-state index in [2.05, 4.69) is 19.2 Å². The van der Waals surface area contributed by atoms with Crippen molar-refractivity contribution in [3.05, 3.63) is 12.2 Å². The largest absolute Gasteiger partial charge is 0.387 e. The number of allylic oxidation sites excluding steroid dienone is 1. The van der Waals surface area contributed by atoms with E-state index in [-0.39, 0.29) is 6.42 Å². The van der Waals surface area contributed by atoms with Crippen LogP contribution < -0.4 is 5.32 Å². The molecule has 0 aliphatic heterocycles. The summed E-state index contributed by atoms with van der Waals surface area (Å²) in [6.07, 6.45) is 45.6. The Morgan fingerprint density at radius 2 is 0.811 bits per heavy atom. The average molecular weight is 772 g/mol. The minimum atomic E-state index is -4.44. The average Bonchev–Trinajstić information content (AvgIpc) is 3.12. The molecular weight excluding hydrogens is 683 g/mol. The minimum Gasteiger partial charge on any atom is -0.387 e. The molecule has 0 radical (unpaired) electrons. The van der Waals surface area contributed by atoms with Gasteiger partial charge in [-0.3, -0.25) is 9.35 Å². The van der Waals surface area contributed by atoms with Crippen LogP contribution in [0, 0.1) is 0 Å². The van der Waals surface area contributed by atoms with Crippen molar-refractivity contribution >= 4 is 16.0 Å². The van der Waals surface area contributed by atoms with E-state index in [1.807, 2.05) is 6.08 Å². The third-order valence-electron chi connectivity index (χ3n) is 10.8. The Hall–Kier alpha value is -0.960. The topological polar surface area (TPSA) is 124 Å². The standard InChI is InChI=1S/C45H89NO6S/c1-3-5-7-9-11-13-15-17-19-20-21-22-23-24-26-28-30-32-34-36-38-40-44(48)45(49)46-42(41-53(50,51)52)43(47)39-37-35-33-31-29-27-25-18-16-14-12-10-8-6-4-2/h37,39,42-44,47-48H,3-36,38,40-41H2,1-2H3,(H,46,49)(H,50,51,52)/b39-37+. The fourth-order valence-electron chi connectivity index (χ4n) is 7.28. The second-order valence-corrected chi connectivity index (χ2v) is 17.7. The van der Waals surface area contributed by atoms with Crippen LogP contribution in [0.15, 0.2) is 12.2 Å². The summed E-state index contributed by atoms with van der Waals surface area (Å²) >= 11 is 0. The molecular formula is C45H89NO6S. The van der Waals surface area contributed by atoms with E-state index in [1.165, 1.54) is 186 Å². The van der Waals surface area contributed by atoms with Crippen molar-refractivity contribution in [1.82, 2.24) is 5.32 Å². The molecule has 0 aliphatic carbocycles. The van der Waals surface area contributed by atoms with Gasteiger partial charge in [0, 0.05) is 0 Å². The lowest BCUT2D eigenvalue weighted by molar-refractivity contribution is -0.130. The molecule has 53 heavy (non-hydrogen) atoms. The molecule has 0 heterocycles. The summed E-state index contributed by atoms with van der Waals surface area (Å²) in [5.41, 5.74) is 0. The zero-order valence-corrected chi connectivity index (χ0v) is 35.8. The van der Waals surface area contributed by atoms with Gasteiger partial charge in [0.15, 0.2) is 0 Å². The Kier molecular flexibility index (Phi) is 38.6. The van der Waals surface area contributed by atoms with Gasteiger partial charge in [-0.2, -0.15) is 8.42 Å². The molecule has 0 aromatic rings. The third kappa shape index (κ3) is 39.1. The molecule has 8 heteroatoms. The van der Waals surface area contributed by atoms with Crippen LogP contribution in [0.3, 0.4) is 0 Å². The van der Waals surface area contributed by atoms with Crippen LogP contribution in [-0.4, -0.2) is 53.1 Å². The van der Waals surface area contributed by atoms with Crippen LogP contribution in [0.5, 0.6) is 0 Å². The second kappa shape index (κ2) is 39.3. The van der Waals surface area contributed by atoms with E-state index in [9.17, 15) is 28.0 Å². The number of carbonyl (C=O) groups is 1. The number of unbranched alkanes of at least 4 members (excludes halogenated alkanes) is 33. The number of rotatable bonds is 42. The molecule has 0 aliphatic rings. The first-order valence-electron chi connectivity index (χ1n) is 23.0. The summed E-state index contributed by atoms with van der Waals surface area (Å²) in [4.78, 5) is 12.6. The van der Waals surface area contributed by atoms with Crippen LogP contribution in [0.1, 0.15) is 245 Å². The lowest BCUT2D eigenvalue weighted by Crippen LogP contribution is -2.50. The van der Waals surface area contributed by atoms with E-state index in [0.717, 1.165) is 38.5 Å². The van der Waals surface area contributed by atoms with Crippen molar-refractivity contribution in [3.63, 3.8) is 0 Å². The fourth-order valence-corrected chi connectivity index (χ4v) is 8.02. The minimum absolute atomic E-state index is 0.286. The molecule has 0 rings (SSSR count). The lowest BCUT2D eigenvalue weighted by atomic mass is 10.0. The maximum atomic E-state index is 12.6. The maximum absolute atomic E-state index is 12.6. The molecule has 7 nitrogen and oxygen atoms in total. The number of aliphatic hydroxyl groups excluding tert-OH is 2. The highest BCUT2D eigenvalue weighted by Gasteiger charge is 2.27. The zero-order chi connectivity index (χ0) is 39.1. The van der Waals surface area contributed by atoms with Crippen molar-refractivity contribution in [3.8, 4) is 0 Å². The lowest BCUT2D eigenvalue weighted by Gasteiger charge is -2.22. The Morgan fingerprint density at radius 3 is 1.13 bits per heavy atom. The van der Waals surface area contributed by atoms with Crippen LogP contribution in [0.2, 0.25) is 0 Å². The molecule has 0 saturated carbocycles. The Morgan fingerprint density at radius 1 is 0.509 bits per heavy atom. The highest BCUT2D eigenvalue weighted by molar-refractivity contribution is 7.85. The van der Waals surface area contributed by atoms with Gasteiger partial charge in [0.2, 0.25) is 5.91 Å². The molecule has 0 bridgehead atoms. The predicted octanol–water partition coefficient (Wildman–Crippen LogP) is 12.7. The van der Waals surface area contributed by atoms with Crippen molar-refractivity contribution < 1.29 is 28.0 Å². The van der Waals surface area contributed by atoms with E-state index >= 15 is 0 Å². The Bertz CT molecular complexity index is 911. The zero-order valence-electron chi connectivity index (χ0n) is 35.0. The van der Waals surface area contributed by atoms with Gasteiger partial charge in [0.25, 0.3) is 10.1 Å². The number of hydrogen-bond donors (Lipinski definition) is 4. The summed E-state index contributed by atoms with van der Waals surface area (Å²) in [5, 5.41) is 23.5. The number of amides is 1. The first kappa shape index (κ1) is 52.0.